The lowest BCUT2D eigenvalue weighted by Crippen LogP contribution is -2.23. The fraction of sp³-hybridized carbons (Fsp3) is 0.0833. The van der Waals surface area contributed by atoms with E-state index in [1.807, 2.05) is 0 Å². The van der Waals surface area contributed by atoms with Gasteiger partial charge in [-0.1, -0.05) is 29.5 Å². The van der Waals surface area contributed by atoms with Gasteiger partial charge >= 0.3 is 0 Å². The molecular weight excluding hydrogens is 253 g/mol. The zero-order valence-corrected chi connectivity index (χ0v) is 10.2. The van der Waals surface area contributed by atoms with Crippen molar-refractivity contribution in [3.8, 4) is 0 Å². The first-order chi connectivity index (χ1) is 8.65. The van der Waals surface area contributed by atoms with Crippen molar-refractivity contribution in [2.75, 3.05) is 0 Å². The number of hydrogen-bond donors (Lipinski definition) is 0. The second kappa shape index (κ2) is 3.99. The minimum Gasteiger partial charge on any atom is -0.266 e. The molecule has 0 unspecified atom stereocenters. The Morgan fingerprint density at radius 3 is 2.89 bits per heavy atom. The Balaban J connectivity index is 2.27. The van der Waals surface area contributed by atoms with Crippen molar-refractivity contribution in [3.05, 3.63) is 56.4 Å². The SMILES string of the molecule is Cc1nc2s/c(=C\c3ccccc3F)c(=O)n2n1. The van der Waals surface area contributed by atoms with E-state index in [1.165, 1.54) is 28.0 Å². The Hall–Kier alpha value is -2.08. The van der Waals surface area contributed by atoms with Gasteiger partial charge in [-0.15, -0.1) is 5.10 Å². The molecule has 0 fully saturated rings. The smallest absolute Gasteiger partial charge is 0.266 e. The first kappa shape index (κ1) is 11.0. The maximum absolute atomic E-state index is 13.5. The lowest BCUT2D eigenvalue weighted by molar-refractivity contribution is 0.625. The van der Waals surface area contributed by atoms with Crippen molar-refractivity contribution in [1.82, 2.24) is 14.6 Å². The molecule has 0 aliphatic rings. The summed E-state index contributed by atoms with van der Waals surface area (Å²) < 4.78 is 15.2. The summed E-state index contributed by atoms with van der Waals surface area (Å²) in [5.41, 5.74) is 0.120. The van der Waals surface area contributed by atoms with Crippen LogP contribution in [0.2, 0.25) is 0 Å². The lowest BCUT2D eigenvalue weighted by Gasteiger charge is -1.92. The zero-order chi connectivity index (χ0) is 12.7. The predicted octanol–water partition coefficient (Wildman–Crippen LogP) is 1.15. The third kappa shape index (κ3) is 1.70. The van der Waals surface area contributed by atoms with Gasteiger partial charge in [-0.3, -0.25) is 4.79 Å². The molecule has 4 nitrogen and oxygen atoms in total. The summed E-state index contributed by atoms with van der Waals surface area (Å²) in [5.74, 6) is 0.197. The summed E-state index contributed by atoms with van der Waals surface area (Å²) in [7, 11) is 0. The zero-order valence-electron chi connectivity index (χ0n) is 9.42. The van der Waals surface area contributed by atoms with Crippen molar-refractivity contribution in [2.45, 2.75) is 6.92 Å². The third-order valence-electron chi connectivity index (χ3n) is 2.48. The van der Waals surface area contributed by atoms with Crippen LogP contribution in [0.15, 0.2) is 29.1 Å². The number of aryl methyl sites for hydroxylation is 1. The molecule has 2 heterocycles. The standard InChI is InChI=1S/C12H8FN3OS/c1-7-14-12-16(15-7)11(17)10(18-12)6-8-4-2-3-5-9(8)13/h2-6H,1H3/b10-6-. The summed E-state index contributed by atoms with van der Waals surface area (Å²) in [4.78, 5) is 16.6. The van der Waals surface area contributed by atoms with Crippen LogP contribution in [-0.2, 0) is 0 Å². The van der Waals surface area contributed by atoms with Gasteiger partial charge in [-0.2, -0.15) is 4.52 Å². The van der Waals surface area contributed by atoms with Gasteiger partial charge in [-0.25, -0.2) is 9.37 Å². The quantitative estimate of drug-likeness (QED) is 0.660. The first-order valence-electron chi connectivity index (χ1n) is 5.27. The van der Waals surface area contributed by atoms with Gasteiger partial charge < -0.3 is 0 Å². The number of benzene rings is 1. The van der Waals surface area contributed by atoms with Crippen molar-refractivity contribution < 1.29 is 4.39 Å². The molecule has 6 heteroatoms. The minimum absolute atomic E-state index is 0.265. The Morgan fingerprint density at radius 1 is 1.39 bits per heavy atom. The molecule has 3 aromatic rings. The molecule has 0 aliphatic carbocycles. The molecule has 0 bridgehead atoms. The van der Waals surface area contributed by atoms with Crippen molar-refractivity contribution >= 4 is 22.4 Å². The van der Waals surface area contributed by atoms with Crippen LogP contribution in [0.5, 0.6) is 0 Å². The normalized spacial score (nSPS) is 12.4. The van der Waals surface area contributed by atoms with E-state index in [2.05, 4.69) is 10.1 Å². The average Bonchev–Trinajstić information content (AvgIpc) is 2.82. The first-order valence-corrected chi connectivity index (χ1v) is 6.09. The van der Waals surface area contributed by atoms with Gasteiger partial charge in [-0.05, 0) is 19.1 Å². The van der Waals surface area contributed by atoms with E-state index in [0.717, 1.165) is 0 Å². The van der Waals surface area contributed by atoms with Crippen LogP contribution in [0.4, 0.5) is 4.39 Å². The number of rotatable bonds is 1. The van der Waals surface area contributed by atoms with E-state index in [1.54, 1.807) is 25.1 Å². The summed E-state index contributed by atoms with van der Waals surface area (Å²) in [6.07, 6.45) is 1.52. The molecule has 0 saturated heterocycles. The van der Waals surface area contributed by atoms with Crippen molar-refractivity contribution in [3.63, 3.8) is 0 Å². The van der Waals surface area contributed by atoms with Gasteiger partial charge in [0.2, 0.25) is 4.96 Å². The topological polar surface area (TPSA) is 47.3 Å². The summed E-state index contributed by atoms with van der Waals surface area (Å²) in [5, 5.41) is 3.99. The van der Waals surface area contributed by atoms with Crippen molar-refractivity contribution in [2.24, 2.45) is 0 Å². The number of aromatic nitrogens is 3. The van der Waals surface area contributed by atoms with E-state index in [4.69, 9.17) is 0 Å². The fourth-order valence-corrected chi connectivity index (χ4v) is 2.61. The van der Waals surface area contributed by atoms with Gasteiger partial charge in [0.05, 0.1) is 4.53 Å². The van der Waals surface area contributed by atoms with Gasteiger partial charge in [0, 0.05) is 5.56 Å². The third-order valence-corrected chi connectivity index (χ3v) is 3.44. The van der Waals surface area contributed by atoms with E-state index in [0.29, 0.717) is 20.9 Å². The highest BCUT2D eigenvalue weighted by atomic mass is 32.1. The highest BCUT2D eigenvalue weighted by Gasteiger charge is 2.08. The van der Waals surface area contributed by atoms with Crippen LogP contribution in [0.25, 0.3) is 11.0 Å². The molecular formula is C12H8FN3OS. The largest absolute Gasteiger partial charge is 0.291 e. The van der Waals surface area contributed by atoms with Crippen LogP contribution in [0.3, 0.4) is 0 Å². The Kier molecular flexibility index (Phi) is 2.45. The van der Waals surface area contributed by atoms with Crippen molar-refractivity contribution in [1.29, 1.82) is 0 Å². The molecule has 2 aromatic heterocycles. The van der Waals surface area contributed by atoms with Crippen LogP contribution in [0, 0.1) is 12.7 Å². The number of hydrogen-bond acceptors (Lipinski definition) is 4. The molecule has 0 spiro atoms. The molecule has 0 aliphatic heterocycles. The number of thiazole rings is 1. The summed E-state index contributed by atoms with van der Waals surface area (Å²) in [6, 6.07) is 6.31. The van der Waals surface area contributed by atoms with Crippen LogP contribution in [-0.4, -0.2) is 14.6 Å². The summed E-state index contributed by atoms with van der Waals surface area (Å²) in [6.45, 7) is 1.72. The Bertz CT molecular complexity index is 837. The Labute approximate surface area is 105 Å². The van der Waals surface area contributed by atoms with Crippen LogP contribution < -0.4 is 10.1 Å². The highest BCUT2D eigenvalue weighted by Crippen LogP contribution is 2.07. The van der Waals surface area contributed by atoms with E-state index in [-0.39, 0.29) is 11.4 Å². The van der Waals surface area contributed by atoms with Gasteiger partial charge in [0.15, 0.2) is 0 Å². The molecule has 3 rings (SSSR count). The number of nitrogens with zero attached hydrogens (tertiary/aromatic N) is 3. The summed E-state index contributed by atoms with van der Waals surface area (Å²) >= 11 is 1.20. The molecule has 1 aromatic carbocycles. The monoisotopic (exact) mass is 261 g/mol. The average molecular weight is 261 g/mol. The van der Waals surface area contributed by atoms with Crippen LogP contribution in [0.1, 0.15) is 11.4 Å². The number of fused-ring (bicyclic) bond motifs is 1. The maximum Gasteiger partial charge on any atom is 0.291 e. The minimum atomic E-state index is -0.355. The molecule has 18 heavy (non-hydrogen) atoms. The predicted molar refractivity (Wildman–Crippen MR) is 67.1 cm³/mol. The molecule has 90 valence electrons. The number of halogens is 1. The van der Waals surface area contributed by atoms with Gasteiger partial charge in [0.1, 0.15) is 11.6 Å². The van der Waals surface area contributed by atoms with E-state index in [9.17, 15) is 9.18 Å². The second-order valence-corrected chi connectivity index (χ2v) is 4.80. The van der Waals surface area contributed by atoms with E-state index >= 15 is 0 Å². The maximum atomic E-state index is 13.5. The molecule has 0 atom stereocenters. The molecule has 0 radical (unpaired) electrons. The highest BCUT2D eigenvalue weighted by molar-refractivity contribution is 7.15. The molecule has 0 N–H and O–H groups in total. The fourth-order valence-electron chi connectivity index (χ4n) is 1.66. The second-order valence-electron chi connectivity index (χ2n) is 3.79. The molecule has 0 amide bonds. The molecule has 0 saturated carbocycles. The van der Waals surface area contributed by atoms with Crippen LogP contribution >= 0.6 is 11.3 Å². The lowest BCUT2D eigenvalue weighted by atomic mass is 10.2. The van der Waals surface area contributed by atoms with Gasteiger partial charge in [0.25, 0.3) is 5.56 Å². The van der Waals surface area contributed by atoms with E-state index < -0.39 is 0 Å². The Morgan fingerprint density at radius 2 is 2.17 bits per heavy atom.